The predicted octanol–water partition coefficient (Wildman–Crippen LogP) is 2.64. The lowest BCUT2D eigenvalue weighted by molar-refractivity contribution is -0.00432. The molecule has 23 heavy (non-hydrogen) atoms. The van der Waals surface area contributed by atoms with Gasteiger partial charge in [0.25, 0.3) is 0 Å². The van der Waals surface area contributed by atoms with Crippen LogP contribution in [-0.2, 0) is 4.74 Å². The molecule has 0 spiro atoms. The van der Waals surface area contributed by atoms with Crippen LogP contribution in [0.1, 0.15) is 22.0 Å². The first-order valence-corrected chi connectivity index (χ1v) is 7.13. The number of Topliss-reactive ketones (excluding diaryl/α,β-unsaturated/α-hetero) is 1. The highest BCUT2D eigenvalue weighted by molar-refractivity contribution is 5.99. The third-order valence-corrected chi connectivity index (χ3v) is 3.63. The molecular formula is C18H20O5. The smallest absolute Gasteiger partial charge is 0.194 e. The number of aliphatic hydroxyl groups is 1. The normalized spacial score (nSPS) is 13.2. The second-order valence-electron chi connectivity index (χ2n) is 4.97. The summed E-state index contributed by atoms with van der Waals surface area (Å²) in [7, 11) is 4.58. The molecule has 2 atom stereocenters. The Hall–Kier alpha value is -2.37. The maximum Gasteiger partial charge on any atom is 0.194 e. The van der Waals surface area contributed by atoms with Gasteiger partial charge in [0.05, 0.1) is 14.2 Å². The van der Waals surface area contributed by atoms with Crippen molar-refractivity contribution in [3.63, 3.8) is 0 Å². The van der Waals surface area contributed by atoms with Gasteiger partial charge in [0, 0.05) is 12.7 Å². The summed E-state index contributed by atoms with van der Waals surface area (Å²) in [6, 6.07) is 13.6. The molecule has 0 fully saturated rings. The minimum absolute atomic E-state index is 0.397. The zero-order valence-electron chi connectivity index (χ0n) is 13.4. The van der Waals surface area contributed by atoms with Crippen LogP contribution in [0.4, 0.5) is 0 Å². The molecule has 1 N–H and O–H groups in total. The number of aliphatic hydroxyl groups excluding tert-OH is 1. The van der Waals surface area contributed by atoms with Crippen LogP contribution in [0, 0.1) is 0 Å². The van der Waals surface area contributed by atoms with E-state index in [-0.39, 0.29) is 0 Å². The van der Waals surface area contributed by atoms with Crippen molar-refractivity contribution in [3.05, 3.63) is 59.7 Å². The molecule has 5 nitrogen and oxygen atoms in total. The predicted molar refractivity (Wildman–Crippen MR) is 86.1 cm³/mol. The quantitative estimate of drug-likeness (QED) is 0.796. The van der Waals surface area contributed by atoms with E-state index < -0.39 is 18.0 Å². The summed E-state index contributed by atoms with van der Waals surface area (Å²) in [5.74, 6) is 0.935. The van der Waals surface area contributed by atoms with Crippen molar-refractivity contribution in [2.24, 2.45) is 0 Å². The second kappa shape index (κ2) is 7.76. The summed E-state index contributed by atoms with van der Waals surface area (Å²) >= 11 is 0. The Morgan fingerprint density at radius 3 is 1.78 bits per heavy atom. The van der Waals surface area contributed by atoms with Crippen molar-refractivity contribution in [2.45, 2.75) is 12.2 Å². The van der Waals surface area contributed by atoms with Crippen LogP contribution in [0.2, 0.25) is 0 Å². The first-order valence-electron chi connectivity index (χ1n) is 7.13. The molecule has 0 aliphatic carbocycles. The molecule has 0 radical (unpaired) electrons. The molecule has 0 aliphatic heterocycles. The number of ether oxygens (including phenoxy) is 3. The van der Waals surface area contributed by atoms with Crippen molar-refractivity contribution >= 4 is 5.78 Å². The summed E-state index contributed by atoms with van der Waals surface area (Å²) in [4.78, 5) is 12.4. The number of methoxy groups -OCH3 is 3. The standard InChI is InChI=1S/C18H20O5/c1-21-14-8-4-12(5-9-14)16(19)17(20)18(23-3)13-6-10-15(22-2)11-7-13/h4-11,17-18,20H,1-3H3/t17-,18+/m0/s1. The minimum atomic E-state index is -1.30. The number of hydrogen-bond donors (Lipinski definition) is 1. The Morgan fingerprint density at radius 1 is 0.870 bits per heavy atom. The molecular weight excluding hydrogens is 296 g/mol. The van der Waals surface area contributed by atoms with E-state index in [2.05, 4.69) is 0 Å². The van der Waals surface area contributed by atoms with Crippen LogP contribution in [0.5, 0.6) is 11.5 Å². The van der Waals surface area contributed by atoms with Gasteiger partial charge in [-0.1, -0.05) is 12.1 Å². The van der Waals surface area contributed by atoms with Crippen molar-refractivity contribution in [1.82, 2.24) is 0 Å². The maximum atomic E-state index is 12.4. The molecule has 0 aliphatic rings. The Labute approximate surface area is 135 Å². The van der Waals surface area contributed by atoms with E-state index in [9.17, 15) is 9.90 Å². The van der Waals surface area contributed by atoms with Crippen LogP contribution in [0.3, 0.4) is 0 Å². The van der Waals surface area contributed by atoms with E-state index in [4.69, 9.17) is 14.2 Å². The Bertz CT molecular complexity index is 633. The van der Waals surface area contributed by atoms with Gasteiger partial charge in [-0.15, -0.1) is 0 Å². The fourth-order valence-corrected chi connectivity index (χ4v) is 2.30. The molecule has 5 heteroatoms. The van der Waals surface area contributed by atoms with Gasteiger partial charge in [0.15, 0.2) is 5.78 Å². The van der Waals surface area contributed by atoms with Crippen LogP contribution < -0.4 is 9.47 Å². The number of carbonyl (C=O) groups is 1. The van der Waals surface area contributed by atoms with E-state index >= 15 is 0 Å². The van der Waals surface area contributed by atoms with Crippen molar-refractivity contribution < 1.29 is 24.1 Å². The summed E-state index contributed by atoms with van der Waals surface area (Å²) in [6.45, 7) is 0. The van der Waals surface area contributed by atoms with Crippen molar-refractivity contribution in [2.75, 3.05) is 21.3 Å². The molecule has 0 saturated heterocycles. The number of rotatable bonds is 7. The van der Waals surface area contributed by atoms with Gasteiger partial charge in [-0.3, -0.25) is 4.79 Å². The van der Waals surface area contributed by atoms with E-state index in [1.54, 1.807) is 62.8 Å². The first-order chi connectivity index (χ1) is 11.1. The highest BCUT2D eigenvalue weighted by Crippen LogP contribution is 2.25. The Balaban J connectivity index is 2.19. The zero-order valence-corrected chi connectivity index (χ0v) is 13.4. The van der Waals surface area contributed by atoms with Gasteiger partial charge in [0.1, 0.15) is 23.7 Å². The number of hydrogen-bond acceptors (Lipinski definition) is 5. The zero-order chi connectivity index (χ0) is 16.8. The number of benzene rings is 2. The third kappa shape index (κ3) is 3.88. The average Bonchev–Trinajstić information content (AvgIpc) is 2.62. The molecule has 2 aromatic rings. The molecule has 0 aromatic heterocycles. The van der Waals surface area contributed by atoms with E-state index in [0.717, 1.165) is 0 Å². The second-order valence-corrected chi connectivity index (χ2v) is 4.97. The first kappa shape index (κ1) is 17.0. The summed E-state index contributed by atoms with van der Waals surface area (Å²) < 4.78 is 15.5. The fourth-order valence-electron chi connectivity index (χ4n) is 2.30. The van der Waals surface area contributed by atoms with Crippen LogP contribution in [-0.4, -0.2) is 38.3 Å². The van der Waals surface area contributed by atoms with Crippen molar-refractivity contribution in [3.8, 4) is 11.5 Å². The topological polar surface area (TPSA) is 65.0 Å². The van der Waals surface area contributed by atoms with Crippen LogP contribution >= 0.6 is 0 Å². The van der Waals surface area contributed by atoms with Gasteiger partial charge >= 0.3 is 0 Å². The minimum Gasteiger partial charge on any atom is -0.497 e. The van der Waals surface area contributed by atoms with Gasteiger partial charge in [-0.05, 0) is 42.0 Å². The molecule has 0 saturated carbocycles. The lowest BCUT2D eigenvalue weighted by atomic mass is 9.97. The van der Waals surface area contributed by atoms with Crippen LogP contribution in [0.15, 0.2) is 48.5 Å². The summed E-state index contributed by atoms with van der Waals surface area (Å²) in [5.41, 5.74) is 1.09. The number of ketones is 1. The SMILES string of the molecule is COc1ccc(C(=O)[C@H](O)[C@H](OC)c2ccc(OC)cc2)cc1. The van der Waals surface area contributed by atoms with Gasteiger partial charge in [-0.2, -0.15) is 0 Å². The molecule has 0 bridgehead atoms. The molecule has 2 rings (SSSR count). The highest BCUT2D eigenvalue weighted by Gasteiger charge is 2.28. The highest BCUT2D eigenvalue weighted by atomic mass is 16.5. The maximum absolute atomic E-state index is 12.4. The summed E-state index contributed by atoms with van der Waals surface area (Å²) in [5, 5.41) is 10.4. The van der Waals surface area contributed by atoms with Crippen molar-refractivity contribution in [1.29, 1.82) is 0 Å². The lowest BCUT2D eigenvalue weighted by Gasteiger charge is -2.21. The van der Waals surface area contributed by atoms with E-state index in [0.29, 0.717) is 22.6 Å². The summed E-state index contributed by atoms with van der Waals surface area (Å²) in [6.07, 6.45) is -2.06. The lowest BCUT2D eigenvalue weighted by Crippen LogP contribution is -2.29. The van der Waals surface area contributed by atoms with Crippen LogP contribution in [0.25, 0.3) is 0 Å². The molecule has 2 aromatic carbocycles. The Morgan fingerprint density at radius 2 is 1.35 bits per heavy atom. The fraction of sp³-hybridized carbons (Fsp3) is 0.278. The monoisotopic (exact) mass is 316 g/mol. The van der Waals surface area contributed by atoms with Gasteiger partial charge in [0.2, 0.25) is 0 Å². The van der Waals surface area contributed by atoms with Gasteiger partial charge < -0.3 is 19.3 Å². The molecule has 122 valence electrons. The molecule has 0 amide bonds. The van der Waals surface area contributed by atoms with E-state index in [1.165, 1.54) is 7.11 Å². The Kier molecular flexibility index (Phi) is 5.73. The largest absolute Gasteiger partial charge is 0.497 e. The third-order valence-electron chi connectivity index (χ3n) is 3.63. The average molecular weight is 316 g/mol. The number of carbonyl (C=O) groups excluding carboxylic acids is 1. The van der Waals surface area contributed by atoms with Gasteiger partial charge in [-0.25, -0.2) is 0 Å². The molecule has 0 heterocycles. The molecule has 0 unspecified atom stereocenters. The van der Waals surface area contributed by atoms with E-state index in [1.807, 2.05) is 0 Å².